The molecule has 29 heavy (non-hydrogen) atoms. The van der Waals surface area contributed by atoms with Gasteiger partial charge < -0.3 is 5.32 Å². The molecule has 0 bridgehead atoms. The summed E-state index contributed by atoms with van der Waals surface area (Å²) >= 11 is 0. The molecule has 1 atom stereocenters. The molecule has 0 unspecified atom stereocenters. The number of hydrogen-bond donors (Lipinski definition) is 2. The van der Waals surface area contributed by atoms with Gasteiger partial charge in [0.25, 0.3) is 0 Å². The van der Waals surface area contributed by atoms with Crippen LogP contribution in [-0.2, 0) is 42.0 Å². The van der Waals surface area contributed by atoms with E-state index in [4.69, 9.17) is 5.14 Å². The van der Waals surface area contributed by atoms with Gasteiger partial charge in [-0.05, 0) is 90.8 Å². The Morgan fingerprint density at radius 1 is 1.07 bits per heavy atom. The molecule has 2 aliphatic rings. The first kappa shape index (κ1) is 20.1. The number of urea groups is 1. The highest BCUT2D eigenvalue weighted by molar-refractivity contribution is 7.91. The third kappa shape index (κ3) is 4.23. The minimum absolute atomic E-state index is 0.378. The fourth-order valence-corrected chi connectivity index (χ4v) is 5.49. The smallest absolute Gasteiger partial charge is 0.305 e. The number of anilines is 1. The molecule has 2 aromatic rings. The summed E-state index contributed by atoms with van der Waals surface area (Å²) in [5, 5.41) is 8.91. The van der Waals surface area contributed by atoms with Gasteiger partial charge >= 0.3 is 6.03 Å². The molecule has 0 fully saturated rings. The normalized spacial score (nSPS) is 17.0. The lowest BCUT2D eigenvalue weighted by molar-refractivity contribution is 0.260. The highest BCUT2D eigenvalue weighted by Crippen LogP contribution is 2.38. The van der Waals surface area contributed by atoms with E-state index in [0.717, 1.165) is 56.2 Å². The van der Waals surface area contributed by atoms with E-state index < -0.39 is 15.9 Å². The lowest BCUT2D eigenvalue weighted by Gasteiger charge is -2.15. The molecular weight excluding hydrogens is 382 g/mol. The minimum atomic E-state index is -3.29. The number of amides is 2. The molecule has 5 nitrogen and oxygen atoms in total. The Bertz CT molecular complexity index is 1030. The topological polar surface area (TPSA) is 84.6 Å². The van der Waals surface area contributed by atoms with Crippen molar-refractivity contribution in [1.29, 1.82) is 0 Å². The van der Waals surface area contributed by atoms with Gasteiger partial charge in [0.1, 0.15) is 9.92 Å². The molecule has 0 aliphatic heterocycles. The highest BCUT2D eigenvalue weighted by atomic mass is 32.2. The van der Waals surface area contributed by atoms with Crippen LogP contribution < -0.4 is 10.5 Å². The van der Waals surface area contributed by atoms with Crippen LogP contribution in [0, 0.1) is 5.92 Å². The van der Waals surface area contributed by atoms with Crippen molar-refractivity contribution in [3.63, 3.8) is 0 Å². The molecule has 3 N–H and O–H groups in total. The lowest BCUT2D eigenvalue weighted by atomic mass is 9.99. The number of hydrogen-bond acceptors (Lipinski definition) is 2. The van der Waals surface area contributed by atoms with Crippen LogP contribution in [-0.4, -0.2) is 10.2 Å². The first-order chi connectivity index (χ1) is 13.8. The Morgan fingerprint density at radius 3 is 2.21 bits per heavy atom. The molecule has 6 heteroatoms. The van der Waals surface area contributed by atoms with Gasteiger partial charge in [0, 0.05) is 5.69 Å². The molecule has 0 aromatic heterocycles. The van der Waals surface area contributed by atoms with Gasteiger partial charge in [-0.15, -0.1) is 4.36 Å². The van der Waals surface area contributed by atoms with Crippen LogP contribution in [0.5, 0.6) is 0 Å². The van der Waals surface area contributed by atoms with E-state index in [-0.39, 0.29) is 0 Å². The first-order valence-corrected chi connectivity index (χ1v) is 12.0. The van der Waals surface area contributed by atoms with Crippen LogP contribution in [0.15, 0.2) is 39.6 Å². The maximum absolute atomic E-state index is 12.9. The maximum atomic E-state index is 12.9. The first-order valence-electron chi connectivity index (χ1n) is 10.4. The number of aryl methyl sites for hydroxylation is 2. The Labute approximate surface area is 173 Å². The minimum Gasteiger partial charge on any atom is -0.305 e. The highest BCUT2D eigenvalue weighted by Gasteiger charge is 2.25. The van der Waals surface area contributed by atoms with Gasteiger partial charge in [0.2, 0.25) is 0 Å². The zero-order valence-corrected chi connectivity index (χ0v) is 18.0. The molecule has 0 spiro atoms. The van der Waals surface area contributed by atoms with E-state index in [1.165, 1.54) is 22.3 Å². The van der Waals surface area contributed by atoms with Crippen molar-refractivity contribution in [2.24, 2.45) is 15.4 Å². The summed E-state index contributed by atoms with van der Waals surface area (Å²) in [6, 6.07) is 8.93. The summed E-state index contributed by atoms with van der Waals surface area (Å²) < 4.78 is 16.8. The van der Waals surface area contributed by atoms with Crippen molar-refractivity contribution in [1.82, 2.24) is 0 Å². The second-order valence-electron chi connectivity index (χ2n) is 8.57. The summed E-state index contributed by atoms with van der Waals surface area (Å²) in [5.74, 6) is 0.535. The van der Waals surface area contributed by atoms with Crippen molar-refractivity contribution in [3.05, 3.63) is 58.1 Å². The Balaban J connectivity index is 1.59. The monoisotopic (exact) mass is 411 g/mol. The molecule has 0 radical (unpaired) electrons. The number of rotatable bonds is 4. The van der Waals surface area contributed by atoms with Crippen LogP contribution in [0.1, 0.15) is 54.5 Å². The third-order valence-electron chi connectivity index (χ3n) is 5.83. The van der Waals surface area contributed by atoms with Crippen molar-refractivity contribution >= 4 is 21.6 Å². The average molecular weight is 412 g/mol. The molecular formula is C23H29N3O2S. The molecule has 2 amide bonds. The maximum Gasteiger partial charge on any atom is 0.354 e. The number of nitrogens with two attached hydrogens (primary N) is 1. The SMILES string of the molecule is CC(C)Cc1ccc([S@@](N)(=O)=NC(=O)Nc2c3c(cc4c2CCC4)CCC3)cc1. The van der Waals surface area contributed by atoms with Crippen molar-refractivity contribution in [2.45, 2.75) is 63.7 Å². The van der Waals surface area contributed by atoms with Crippen LogP contribution in [0.25, 0.3) is 0 Å². The van der Waals surface area contributed by atoms with E-state index in [0.29, 0.717) is 10.8 Å². The molecule has 2 aliphatic carbocycles. The van der Waals surface area contributed by atoms with Crippen LogP contribution in [0.4, 0.5) is 10.5 Å². The van der Waals surface area contributed by atoms with E-state index in [1.807, 2.05) is 12.1 Å². The lowest BCUT2D eigenvalue weighted by Crippen LogP contribution is -2.19. The van der Waals surface area contributed by atoms with Gasteiger partial charge in [-0.1, -0.05) is 32.0 Å². The summed E-state index contributed by atoms with van der Waals surface area (Å²) in [5.41, 5.74) is 7.14. The van der Waals surface area contributed by atoms with Crippen molar-refractivity contribution in [2.75, 3.05) is 5.32 Å². The Morgan fingerprint density at radius 2 is 1.66 bits per heavy atom. The number of fused-ring (bicyclic) bond motifs is 2. The molecule has 0 saturated heterocycles. The molecule has 0 saturated carbocycles. The molecule has 2 aromatic carbocycles. The Kier molecular flexibility index (Phi) is 5.49. The second kappa shape index (κ2) is 7.92. The molecule has 4 rings (SSSR count). The van der Waals surface area contributed by atoms with Gasteiger partial charge in [-0.2, -0.15) is 0 Å². The van der Waals surface area contributed by atoms with Crippen LogP contribution in [0.2, 0.25) is 0 Å². The van der Waals surface area contributed by atoms with Crippen LogP contribution in [0.3, 0.4) is 0 Å². The zero-order valence-electron chi connectivity index (χ0n) is 17.2. The number of nitrogens with one attached hydrogen (secondary N) is 1. The van der Waals surface area contributed by atoms with Gasteiger partial charge in [-0.3, -0.25) is 0 Å². The summed E-state index contributed by atoms with van der Waals surface area (Å²) in [6.45, 7) is 4.30. The quantitative estimate of drug-likeness (QED) is 0.758. The summed E-state index contributed by atoms with van der Waals surface area (Å²) in [6.07, 6.45) is 7.19. The van der Waals surface area contributed by atoms with Gasteiger partial charge in [-0.25, -0.2) is 14.1 Å². The predicted octanol–water partition coefficient (Wildman–Crippen LogP) is 4.80. The summed E-state index contributed by atoms with van der Waals surface area (Å²) in [7, 11) is -3.29. The fourth-order valence-electron chi connectivity index (χ4n) is 4.56. The zero-order chi connectivity index (χ0) is 20.6. The largest absolute Gasteiger partial charge is 0.354 e. The van der Waals surface area contributed by atoms with Crippen molar-refractivity contribution in [3.8, 4) is 0 Å². The van der Waals surface area contributed by atoms with Crippen LogP contribution >= 0.6 is 0 Å². The van der Waals surface area contributed by atoms with E-state index >= 15 is 0 Å². The standard InChI is InChI=1S/C23H29N3O2S/c1-15(2)13-16-9-11-19(12-10-16)29(24,28)26-23(27)25-22-20-7-3-5-17(20)14-18-6-4-8-21(18)22/h9-12,14-15H,3-8,13H2,1-2H3,(H3,24,25,26,27,28)/t29-/m0/s1. The van der Waals surface area contributed by atoms with Gasteiger partial charge in [0.15, 0.2) is 0 Å². The number of nitrogens with zero attached hydrogens (tertiary/aromatic N) is 1. The van der Waals surface area contributed by atoms with E-state index in [9.17, 15) is 9.00 Å². The fraction of sp³-hybridized carbons (Fsp3) is 0.435. The number of benzene rings is 2. The molecule has 154 valence electrons. The second-order valence-corrected chi connectivity index (χ2v) is 10.4. The van der Waals surface area contributed by atoms with E-state index in [1.54, 1.807) is 12.1 Å². The van der Waals surface area contributed by atoms with E-state index in [2.05, 4.69) is 29.6 Å². The van der Waals surface area contributed by atoms with Crippen molar-refractivity contribution < 1.29 is 9.00 Å². The summed E-state index contributed by atoms with van der Waals surface area (Å²) in [4.78, 5) is 13.1. The number of carbonyl (C=O) groups is 1. The predicted molar refractivity (Wildman–Crippen MR) is 118 cm³/mol. The Hall–Kier alpha value is -2.18. The average Bonchev–Trinajstić information content (AvgIpc) is 3.30. The van der Waals surface area contributed by atoms with Gasteiger partial charge in [0.05, 0.1) is 4.90 Å². The number of carbonyl (C=O) groups excluding carboxylic acids is 1. The third-order valence-corrected chi connectivity index (χ3v) is 7.21. The molecule has 0 heterocycles.